The number of hydrogen-bond donors (Lipinski definition) is 0. The van der Waals surface area contributed by atoms with E-state index >= 15 is 0 Å². The van der Waals surface area contributed by atoms with Crippen LogP contribution in [0.25, 0.3) is 27.9 Å². The molecule has 2 heteroatoms. The molecular formula is C29H30NS+. The van der Waals surface area contributed by atoms with Crippen LogP contribution in [0.3, 0.4) is 0 Å². The van der Waals surface area contributed by atoms with Gasteiger partial charge in [0.15, 0.2) is 0 Å². The fourth-order valence-electron chi connectivity index (χ4n) is 5.14. The predicted molar refractivity (Wildman–Crippen MR) is 132 cm³/mol. The molecule has 0 amide bonds. The van der Waals surface area contributed by atoms with Gasteiger partial charge in [-0.05, 0) is 70.2 Å². The Kier molecular flexibility index (Phi) is 5.27. The van der Waals surface area contributed by atoms with Gasteiger partial charge in [-0.25, -0.2) is 0 Å². The van der Waals surface area contributed by atoms with Crippen LogP contribution in [0.15, 0.2) is 60.1 Å². The molecule has 0 radical (unpaired) electrons. The number of benzene rings is 3. The van der Waals surface area contributed by atoms with E-state index in [0.29, 0.717) is 0 Å². The number of aromatic nitrogens is 1. The number of hydrogen-bond acceptors (Lipinski definition) is 1. The van der Waals surface area contributed by atoms with Gasteiger partial charge in [0, 0.05) is 6.42 Å². The minimum Gasteiger partial charge on any atom is -0.153 e. The second kappa shape index (κ2) is 8.09. The molecular weight excluding hydrogens is 394 g/mol. The first-order valence-electron chi connectivity index (χ1n) is 11.3. The highest BCUT2D eigenvalue weighted by molar-refractivity contribution is 7.09. The van der Waals surface area contributed by atoms with Crippen LogP contribution in [0.1, 0.15) is 45.7 Å². The number of fused-ring (bicyclic) bond motifs is 1. The molecule has 0 aliphatic heterocycles. The molecule has 0 unspecified atom stereocenters. The SMILES string of the molecule is Cc1cc(C)cc(-c2cccc(-c3cc(C)cc(C)c3)c2-[n+]2csc3c2CCCC3)c1. The number of thiazole rings is 1. The van der Waals surface area contributed by atoms with E-state index in [1.165, 1.54) is 81.6 Å². The molecule has 0 N–H and O–H groups in total. The van der Waals surface area contributed by atoms with Gasteiger partial charge in [-0.2, -0.15) is 4.57 Å². The van der Waals surface area contributed by atoms with Gasteiger partial charge in [0.25, 0.3) is 0 Å². The molecule has 0 spiro atoms. The van der Waals surface area contributed by atoms with Crippen molar-refractivity contribution in [1.82, 2.24) is 0 Å². The monoisotopic (exact) mass is 424 g/mol. The predicted octanol–water partition coefficient (Wildman–Crippen LogP) is 7.47. The van der Waals surface area contributed by atoms with E-state index < -0.39 is 0 Å². The first kappa shape index (κ1) is 20.2. The average Bonchev–Trinajstić information content (AvgIpc) is 3.15. The minimum absolute atomic E-state index is 1.17. The third kappa shape index (κ3) is 3.85. The number of para-hydroxylation sites is 1. The van der Waals surface area contributed by atoms with E-state index in [1.807, 2.05) is 11.3 Å². The molecule has 1 nitrogen and oxygen atoms in total. The van der Waals surface area contributed by atoms with E-state index in [2.05, 4.69) is 92.4 Å². The highest BCUT2D eigenvalue weighted by atomic mass is 32.1. The van der Waals surface area contributed by atoms with Crippen molar-refractivity contribution in [2.24, 2.45) is 0 Å². The van der Waals surface area contributed by atoms with Crippen LogP contribution in [-0.2, 0) is 12.8 Å². The van der Waals surface area contributed by atoms with Crippen LogP contribution in [0.2, 0.25) is 0 Å². The first-order chi connectivity index (χ1) is 15.0. The smallest absolute Gasteiger partial charge is 0.153 e. The maximum atomic E-state index is 2.51. The van der Waals surface area contributed by atoms with Gasteiger partial charge < -0.3 is 0 Å². The Morgan fingerprint density at radius 1 is 0.677 bits per heavy atom. The summed E-state index contributed by atoms with van der Waals surface area (Å²) in [6.07, 6.45) is 4.99. The second-order valence-corrected chi connectivity index (χ2v) is 10.1. The van der Waals surface area contributed by atoms with Crippen molar-refractivity contribution in [2.75, 3.05) is 0 Å². The zero-order valence-corrected chi connectivity index (χ0v) is 19.8. The second-order valence-electron chi connectivity index (χ2n) is 9.12. The molecule has 1 aliphatic carbocycles. The maximum absolute atomic E-state index is 2.51. The van der Waals surface area contributed by atoms with Gasteiger partial charge in [0.2, 0.25) is 16.9 Å². The summed E-state index contributed by atoms with van der Waals surface area (Å²) < 4.78 is 2.51. The van der Waals surface area contributed by atoms with Crippen molar-refractivity contribution in [3.8, 4) is 27.9 Å². The molecule has 1 aromatic heterocycles. The first-order valence-corrected chi connectivity index (χ1v) is 12.2. The molecule has 0 atom stereocenters. The van der Waals surface area contributed by atoms with Gasteiger partial charge in [-0.1, -0.05) is 76.1 Å². The summed E-state index contributed by atoms with van der Waals surface area (Å²) in [7, 11) is 0. The zero-order chi connectivity index (χ0) is 21.5. The molecule has 4 aromatic rings. The molecule has 3 aromatic carbocycles. The lowest BCUT2D eigenvalue weighted by Crippen LogP contribution is -2.35. The topological polar surface area (TPSA) is 3.88 Å². The zero-order valence-electron chi connectivity index (χ0n) is 19.0. The fraction of sp³-hybridized carbons (Fsp3) is 0.276. The molecule has 1 heterocycles. The summed E-state index contributed by atoms with van der Waals surface area (Å²) in [6, 6.07) is 20.7. The quantitative estimate of drug-likeness (QED) is 0.300. The largest absolute Gasteiger partial charge is 0.231 e. The number of aryl methyl sites for hydroxylation is 5. The Hall–Kier alpha value is -2.71. The lowest BCUT2D eigenvalue weighted by atomic mass is 9.92. The van der Waals surface area contributed by atoms with Crippen LogP contribution in [0.5, 0.6) is 0 Å². The van der Waals surface area contributed by atoms with Crippen molar-refractivity contribution < 1.29 is 4.57 Å². The van der Waals surface area contributed by atoms with Gasteiger partial charge in [-0.3, -0.25) is 0 Å². The Morgan fingerprint density at radius 2 is 1.19 bits per heavy atom. The Labute approximate surface area is 190 Å². The Balaban J connectivity index is 1.83. The van der Waals surface area contributed by atoms with Crippen molar-refractivity contribution in [3.63, 3.8) is 0 Å². The van der Waals surface area contributed by atoms with Crippen molar-refractivity contribution >= 4 is 11.3 Å². The van der Waals surface area contributed by atoms with Gasteiger partial charge in [0.05, 0.1) is 16.0 Å². The highest BCUT2D eigenvalue weighted by Gasteiger charge is 2.29. The fourth-order valence-corrected chi connectivity index (χ4v) is 6.20. The van der Waals surface area contributed by atoms with E-state index in [9.17, 15) is 0 Å². The number of rotatable bonds is 3. The third-order valence-electron chi connectivity index (χ3n) is 6.32. The molecule has 1 aliphatic rings. The average molecular weight is 425 g/mol. The molecule has 0 fully saturated rings. The molecule has 0 saturated carbocycles. The summed E-state index contributed by atoms with van der Waals surface area (Å²) in [5, 5.41) is 0. The minimum atomic E-state index is 1.17. The van der Waals surface area contributed by atoms with Gasteiger partial charge >= 0.3 is 0 Å². The molecule has 0 saturated heterocycles. The maximum Gasteiger partial charge on any atom is 0.231 e. The number of nitrogens with zero attached hydrogens (tertiary/aromatic N) is 1. The normalized spacial score (nSPS) is 13.3. The van der Waals surface area contributed by atoms with Crippen molar-refractivity contribution in [1.29, 1.82) is 0 Å². The van der Waals surface area contributed by atoms with Gasteiger partial charge in [-0.15, -0.1) is 0 Å². The highest BCUT2D eigenvalue weighted by Crippen LogP contribution is 2.36. The van der Waals surface area contributed by atoms with E-state index in [-0.39, 0.29) is 0 Å². The third-order valence-corrected chi connectivity index (χ3v) is 7.36. The van der Waals surface area contributed by atoms with Gasteiger partial charge in [0.1, 0.15) is 0 Å². The lowest BCUT2D eigenvalue weighted by molar-refractivity contribution is -0.598. The summed E-state index contributed by atoms with van der Waals surface area (Å²) >= 11 is 1.93. The molecule has 5 rings (SSSR count). The lowest BCUT2D eigenvalue weighted by Gasteiger charge is -2.15. The van der Waals surface area contributed by atoms with Crippen LogP contribution in [0.4, 0.5) is 0 Å². The molecule has 31 heavy (non-hydrogen) atoms. The Bertz CT molecular complexity index is 1170. The molecule has 156 valence electrons. The summed E-state index contributed by atoms with van der Waals surface area (Å²) in [5.41, 5.74) is 15.7. The van der Waals surface area contributed by atoms with E-state index in [1.54, 1.807) is 4.88 Å². The summed E-state index contributed by atoms with van der Waals surface area (Å²) in [6.45, 7) is 8.79. The summed E-state index contributed by atoms with van der Waals surface area (Å²) in [4.78, 5) is 1.56. The van der Waals surface area contributed by atoms with E-state index in [4.69, 9.17) is 0 Å². The van der Waals surface area contributed by atoms with Crippen molar-refractivity contribution in [2.45, 2.75) is 53.4 Å². The van der Waals surface area contributed by atoms with Crippen LogP contribution >= 0.6 is 11.3 Å². The summed E-state index contributed by atoms with van der Waals surface area (Å²) in [5.74, 6) is 0. The Morgan fingerprint density at radius 3 is 1.74 bits per heavy atom. The van der Waals surface area contributed by atoms with Crippen LogP contribution < -0.4 is 4.57 Å². The van der Waals surface area contributed by atoms with Crippen LogP contribution in [0, 0.1) is 27.7 Å². The van der Waals surface area contributed by atoms with Crippen molar-refractivity contribution in [3.05, 3.63) is 92.9 Å². The van der Waals surface area contributed by atoms with E-state index in [0.717, 1.165) is 0 Å². The molecule has 0 bridgehead atoms. The van der Waals surface area contributed by atoms with Crippen LogP contribution in [-0.4, -0.2) is 0 Å². The standard InChI is InChI=1S/C29H30NS/c1-19-12-20(2)15-23(14-19)25-8-7-9-26(24-16-21(3)13-22(4)17-24)29(25)30-18-31-28-11-6-5-10-27(28)30/h7-9,12-18H,5-6,10-11H2,1-4H3/q+1.